The van der Waals surface area contributed by atoms with Crippen LogP contribution in [0.15, 0.2) is 85.1 Å². The molecule has 11 heteroatoms. The Hall–Kier alpha value is -5.58. The minimum atomic E-state index is -1.31. The summed E-state index contributed by atoms with van der Waals surface area (Å²) in [6.45, 7) is 0. The lowest BCUT2D eigenvalue weighted by molar-refractivity contribution is -0.131. The maximum Gasteiger partial charge on any atom is 0.251 e. The summed E-state index contributed by atoms with van der Waals surface area (Å²) in [5.41, 5.74) is 1.45. The van der Waals surface area contributed by atoms with Gasteiger partial charge in [-0.2, -0.15) is 0 Å². The number of carbonyl (C=O) groups is 3. The van der Waals surface area contributed by atoms with Gasteiger partial charge in [0.1, 0.15) is 11.2 Å². The molecule has 0 unspecified atom stereocenters. The van der Waals surface area contributed by atoms with Crippen molar-refractivity contribution in [2.75, 3.05) is 17.7 Å². The molecule has 3 amide bonds. The summed E-state index contributed by atoms with van der Waals surface area (Å²) in [7, 11) is 1.54. The van der Waals surface area contributed by atoms with Crippen molar-refractivity contribution in [1.29, 1.82) is 5.41 Å². The first-order valence-electron chi connectivity index (χ1n) is 13.3. The number of H-pyrrole nitrogens is 1. The van der Waals surface area contributed by atoms with Crippen molar-refractivity contribution in [1.82, 2.24) is 10.3 Å². The summed E-state index contributed by atoms with van der Waals surface area (Å²) in [4.78, 5) is 41.0. The number of ether oxygens (including phenoxy) is 1. The molecule has 1 aliphatic carbocycles. The molecule has 1 heterocycles. The van der Waals surface area contributed by atoms with Crippen molar-refractivity contribution < 1.29 is 27.9 Å². The number of nitrogens with one attached hydrogen (secondary N) is 5. The van der Waals surface area contributed by atoms with Crippen molar-refractivity contribution in [3.05, 3.63) is 108 Å². The highest BCUT2D eigenvalue weighted by molar-refractivity contribution is 6.17. The monoisotopic (exact) mass is 583 g/mol. The van der Waals surface area contributed by atoms with Crippen LogP contribution < -0.4 is 20.7 Å². The van der Waals surface area contributed by atoms with Crippen LogP contribution in [0.2, 0.25) is 0 Å². The molecule has 9 nitrogen and oxygen atoms in total. The average molecular weight is 584 g/mol. The van der Waals surface area contributed by atoms with E-state index in [1.165, 1.54) is 49.5 Å². The first-order valence-corrected chi connectivity index (χ1v) is 13.3. The number of halogens is 2. The van der Waals surface area contributed by atoms with E-state index in [9.17, 15) is 18.8 Å². The number of carbonyl (C=O) groups excluding carboxylic acids is 3. The summed E-state index contributed by atoms with van der Waals surface area (Å²) >= 11 is 0. The molecule has 0 aliphatic heterocycles. The van der Waals surface area contributed by atoms with Crippen molar-refractivity contribution in [2.24, 2.45) is 5.41 Å². The van der Waals surface area contributed by atoms with Gasteiger partial charge in [-0.1, -0.05) is 12.1 Å². The van der Waals surface area contributed by atoms with E-state index < -0.39 is 28.9 Å². The first-order chi connectivity index (χ1) is 20.7. The number of benzene rings is 3. The number of anilines is 2. The maximum atomic E-state index is 15.2. The van der Waals surface area contributed by atoms with E-state index in [2.05, 4.69) is 20.9 Å². The van der Waals surface area contributed by atoms with Crippen LogP contribution in [0.3, 0.4) is 0 Å². The topological polar surface area (TPSA) is 136 Å². The predicted molar refractivity (Wildman–Crippen MR) is 159 cm³/mol. The van der Waals surface area contributed by atoms with Gasteiger partial charge in [0, 0.05) is 54.1 Å². The lowest BCUT2D eigenvalue weighted by atomic mass is 10.0. The molecule has 3 aromatic carbocycles. The van der Waals surface area contributed by atoms with Crippen molar-refractivity contribution in [2.45, 2.75) is 12.8 Å². The van der Waals surface area contributed by atoms with E-state index >= 15 is 4.39 Å². The zero-order valence-electron chi connectivity index (χ0n) is 23.0. The van der Waals surface area contributed by atoms with Gasteiger partial charge in [0.2, 0.25) is 11.8 Å². The van der Waals surface area contributed by atoms with Crippen molar-refractivity contribution in [3.8, 4) is 16.9 Å². The lowest BCUT2D eigenvalue weighted by Crippen LogP contribution is -2.35. The van der Waals surface area contributed by atoms with Crippen LogP contribution in [0.25, 0.3) is 16.9 Å². The predicted octanol–water partition coefficient (Wildman–Crippen LogP) is 5.75. The molecule has 1 saturated carbocycles. The Morgan fingerprint density at radius 1 is 0.930 bits per heavy atom. The van der Waals surface area contributed by atoms with Crippen LogP contribution in [-0.4, -0.2) is 36.0 Å². The standard InChI is InChI=1S/C32H27F2N5O4/c1-36-29(40)20-4-2-3-19(17-20)24-12-16-37-28(24)27(11-15-35)43-26-10-9-23(18-25(26)34)39-31(42)32(13-14-32)30(41)38-22-7-5-21(33)6-8-22/h2-12,15-18,35,37H,13-14H2,1H3,(H,36,40)(H,38,41)(H,39,42)/b27-11+,35-15?. The maximum absolute atomic E-state index is 15.2. The van der Waals surface area contributed by atoms with E-state index in [0.717, 1.165) is 12.3 Å². The van der Waals surface area contributed by atoms with Gasteiger partial charge in [0.15, 0.2) is 17.3 Å². The van der Waals surface area contributed by atoms with Gasteiger partial charge < -0.3 is 31.1 Å². The number of aromatic amines is 1. The molecule has 218 valence electrons. The van der Waals surface area contributed by atoms with Crippen molar-refractivity contribution >= 4 is 41.1 Å². The fourth-order valence-electron chi connectivity index (χ4n) is 4.53. The van der Waals surface area contributed by atoms with Crippen molar-refractivity contribution in [3.63, 3.8) is 0 Å². The second-order valence-corrected chi connectivity index (χ2v) is 9.87. The minimum Gasteiger partial charge on any atom is -0.452 e. The van der Waals surface area contributed by atoms with Crippen LogP contribution in [0.1, 0.15) is 28.9 Å². The van der Waals surface area contributed by atoms with Gasteiger partial charge in [0.25, 0.3) is 5.91 Å². The van der Waals surface area contributed by atoms with Gasteiger partial charge in [-0.3, -0.25) is 14.4 Å². The molecule has 1 aromatic heterocycles. The normalized spacial score (nSPS) is 13.5. The van der Waals surface area contributed by atoms with Gasteiger partial charge in [0.05, 0.1) is 5.69 Å². The van der Waals surface area contributed by atoms with Crippen LogP contribution in [0.5, 0.6) is 5.75 Å². The van der Waals surface area contributed by atoms with Gasteiger partial charge in [-0.05, 0) is 73.0 Å². The van der Waals surface area contributed by atoms with E-state index in [0.29, 0.717) is 40.9 Å². The molecular formula is C32H27F2N5O4. The first kappa shape index (κ1) is 28.9. The number of amides is 3. The number of allylic oxidation sites excluding steroid dienone is 1. The van der Waals surface area contributed by atoms with Crippen LogP contribution in [-0.2, 0) is 9.59 Å². The second kappa shape index (κ2) is 12.1. The minimum absolute atomic E-state index is 0.125. The summed E-state index contributed by atoms with van der Waals surface area (Å²) in [6, 6.07) is 17.7. The molecule has 0 bridgehead atoms. The fourth-order valence-corrected chi connectivity index (χ4v) is 4.53. The molecule has 1 fully saturated rings. The van der Waals surface area contributed by atoms with Gasteiger partial charge >= 0.3 is 0 Å². The Balaban J connectivity index is 1.31. The molecule has 0 radical (unpaired) electrons. The van der Waals surface area contributed by atoms with Crippen LogP contribution >= 0.6 is 0 Å². The quantitative estimate of drug-likeness (QED) is 0.0923. The average Bonchev–Trinajstić information content (AvgIpc) is 3.69. The molecule has 5 N–H and O–H groups in total. The van der Waals surface area contributed by atoms with Crippen LogP contribution in [0, 0.1) is 22.5 Å². The van der Waals surface area contributed by atoms with Crippen LogP contribution in [0.4, 0.5) is 20.2 Å². The molecule has 0 spiro atoms. The highest BCUT2D eigenvalue weighted by atomic mass is 19.1. The van der Waals surface area contributed by atoms with E-state index in [1.807, 2.05) is 6.07 Å². The van der Waals surface area contributed by atoms with E-state index in [4.69, 9.17) is 10.1 Å². The Morgan fingerprint density at radius 3 is 2.28 bits per heavy atom. The lowest BCUT2D eigenvalue weighted by Gasteiger charge is -2.16. The number of aromatic nitrogens is 1. The third kappa shape index (κ3) is 6.20. The summed E-state index contributed by atoms with van der Waals surface area (Å²) < 4.78 is 34.3. The Labute approximate surface area is 245 Å². The molecule has 4 aromatic rings. The SMILES string of the molecule is CNC(=O)c1cccc(-c2cc[nH]c2/C(=C\C=N)Oc2ccc(NC(=O)C3(C(=O)Nc4ccc(F)cc4)CC3)cc2F)c1. The highest BCUT2D eigenvalue weighted by Crippen LogP contribution is 2.47. The van der Waals surface area contributed by atoms with Gasteiger partial charge in [-0.15, -0.1) is 0 Å². The van der Waals surface area contributed by atoms with E-state index in [-0.39, 0.29) is 23.1 Å². The second-order valence-electron chi connectivity index (χ2n) is 9.87. The van der Waals surface area contributed by atoms with Gasteiger partial charge in [-0.25, -0.2) is 8.78 Å². The number of hydrogen-bond acceptors (Lipinski definition) is 5. The fraction of sp³-hybridized carbons (Fsp3) is 0.125. The zero-order valence-corrected chi connectivity index (χ0v) is 23.0. The molecule has 0 saturated heterocycles. The van der Waals surface area contributed by atoms with E-state index in [1.54, 1.807) is 30.5 Å². The Kier molecular flexibility index (Phi) is 8.15. The smallest absolute Gasteiger partial charge is 0.251 e. The molecular weight excluding hydrogens is 556 g/mol. The molecule has 1 aliphatic rings. The summed E-state index contributed by atoms with van der Waals surface area (Å²) in [6.07, 6.45) is 4.64. The number of rotatable bonds is 10. The summed E-state index contributed by atoms with van der Waals surface area (Å²) in [5.74, 6) is -2.62. The molecule has 5 rings (SSSR count). The highest BCUT2D eigenvalue weighted by Gasteiger charge is 2.56. The summed E-state index contributed by atoms with van der Waals surface area (Å²) in [5, 5.41) is 15.4. The molecule has 43 heavy (non-hydrogen) atoms. The number of hydrogen-bond donors (Lipinski definition) is 5. The molecule has 0 atom stereocenters. The largest absolute Gasteiger partial charge is 0.452 e. The Morgan fingerprint density at radius 2 is 1.63 bits per heavy atom. The third-order valence-corrected chi connectivity index (χ3v) is 7.02. The zero-order chi connectivity index (χ0) is 30.6. The Bertz CT molecular complexity index is 1740. The third-order valence-electron chi connectivity index (χ3n) is 7.02.